The van der Waals surface area contributed by atoms with Gasteiger partial charge in [0.15, 0.2) is 0 Å². The number of hydrogen-bond donors (Lipinski definition) is 0. The molecule has 0 radical (unpaired) electrons. The molecule has 5 heteroatoms. The molecular formula is C21H18F3NO. The summed E-state index contributed by atoms with van der Waals surface area (Å²) in [7, 11) is 0. The molecule has 0 saturated carbocycles. The van der Waals surface area contributed by atoms with Gasteiger partial charge in [0, 0.05) is 17.7 Å². The standard InChI is InChI=1S/C21H18F3NO/c1-16(2)14-15-25(20(26)21(22,23)24)19-11-7-6-10-18(19)13-12-17-8-4-3-5-9-17/h3-11,14H,15H2,1-2H3. The minimum Gasteiger partial charge on any atom is -0.300 e. The van der Waals surface area contributed by atoms with E-state index in [1.165, 1.54) is 6.07 Å². The maximum atomic E-state index is 13.0. The molecule has 2 rings (SSSR count). The zero-order valence-electron chi connectivity index (χ0n) is 14.5. The van der Waals surface area contributed by atoms with Crippen molar-refractivity contribution in [2.75, 3.05) is 11.4 Å². The Bertz CT molecular complexity index is 854. The predicted molar refractivity (Wildman–Crippen MR) is 96.7 cm³/mol. The van der Waals surface area contributed by atoms with Crippen molar-refractivity contribution in [1.82, 2.24) is 0 Å². The van der Waals surface area contributed by atoms with Gasteiger partial charge in [-0.25, -0.2) is 0 Å². The summed E-state index contributed by atoms with van der Waals surface area (Å²) in [5, 5.41) is 0. The van der Waals surface area contributed by atoms with Gasteiger partial charge in [-0.15, -0.1) is 0 Å². The molecule has 2 aromatic carbocycles. The number of para-hydroxylation sites is 1. The second kappa shape index (κ2) is 8.39. The topological polar surface area (TPSA) is 20.3 Å². The van der Waals surface area contributed by atoms with Crippen molar-refractivity contribution >= 4 is 11.6 Å². The van der Waals surface area contributed by atoms with Gasteiger partial charge >= 0.3 is 12.1 Å². The monoisotopic (exact) mass is 357 g/mol. The Labute approximate surface area is 151 Å². The number of anilines is 1. The van der Waals surface area contributed by atoms with Crippen LogP contribution in [0.25, 0.3) is 0 Å². The quantitative estimate of drug-likeness (QED) is 0.562. The minimum absolute atomic E-state index is 0.135. The van der Waals surface area contributed by atoms with Gasteiger partial charge in [-0.05, 0) is 38.1 Å². The molecule has 1 amide bonds. The van der Waals surface area contributed by atoms with Crippen molar-refractivity contribution in [3.8, 4) is 11.8 Å². The lowest BCUT2D eigenvalue weighted by molar-refractivity contribution is -0.170. The van der Waals surface area contributed by atoms with Gasteiger partial charge in [0.2, 0.25) is 0 Å². The summed E-state index contributed by atoms with van der Waals surface area (Å²) in [4.78, 5) is 12.6. The molecular weight excluding hydrogens is 339 g/mol. The predicted octanol–water partition coefficient (Wildman–Crippen LogP) is 4.95. The van der Waals surface area contributed by atoms with E-state index in [1.807, 2.05) is 18.2 Å². The van der Waals surface area contributed by atoms with Crippen LogP contribution in [-0.2, 0) is 4.79 Å². The third-order valence-corrected chi connectivity index (χ3v) is 3.48. The van der Waals surface area contributed by atoms with Gasteiger partial charge in [-0.2, -0.15) is 13.2 Å². The van der Waals surface area contributed by atoms with Crippen LogP contribution in [0, 0.1) is 11.8 Å². The van der Waals surface area contributed by atoms with E-state index in [-0.39, 0.29) is 12.2 Å². The van der Waals surface area contributed by atoms with Crippen molar-refractivity contribution in [1.29, 1.82) is 0 Å². The SMILES string of the molecule is CC(C)=CCN(C(=O)C(F)(F)F)c1ccccc1C#Cc1ccccc1. The maximum Gasteiger partial charge on any atom is 0.471 e. The number of halogens is 3. The summed E-state index contributed by atoms with van der Waals surface area (Å²) in [6, 6.07) is 15.4. The van der Waals surface area contributed by atoms with Crippen LogP contribution in [-0.4, -0.2) is 18.6 Å². The van der Waals surface area contributed by atoms with E-state index in [2.05, 4.69) is 11.8 Å². The molecule has 0 aromatic heterocycles. The fraction of sp³-hybridized carbons (Fsp3) is 0.190. The summed E-state index contributed by atoms with van der Waals surface area (Å²) >= 11 is 0. The lowest BCUT2D eigenvalue weighted by Crippen LogP contribution is -2.41. The first kappa shape index (κ1) is 19.3. The Morgan fingerprint density at radius 3 is 2.23 bits per heavy atom. The number of amides is 1. The number of allylic oxidation sites excluding steroid dienone is 1. The van der Waals surface area contributed by atoms with Crippen molar-refractivity contribution in [3.05, 3.63) is 77.4 Å². The van der Waals surface area contributed by atoms with E-state index in [9.17, 15) is 18.0 Å². The second-order valence-corrected chi connectivity index (χ2v) is 5.83. The molecule has 0 unspecified atom stereocenters. The van der Waals surface area contributed by atoms with E-state index in [1.54, 1.807) is 50.3 Å². The van der Waals surface area contributed by atoms with Gasteiger partial charge in [-0.3, -0.25) is 9.69 Å². The van der Waals surface area contributed by atoms with Gasteiger partial charge in [0.25, 0.3) is 0 Å². The van der Waals surface area contributed by atoms with Crippen LogP contribution >= 0.6 is 0 Å². The van der Waals surface area contributed by atoms with Crippen LogP contribution in [0.5, 0.6) is 0 Å². The molecule has 26 heavy (non-hydrogen) atoms. The first-order chi connectivity index (χ1) is 12.3. The van der Waals surface area contributed by atoms with Crippen LogP contribution in [0.3, 0.4) is 0 Å². The molecule has 0 spiro atoms. The van der Waals surface area contributed by atoms with Crippen molar-refractivity contribution in [2.45, 2.75) is 20.0 Å². The maximum absolute atomic E-state index is 13.0. The summed E-state index contributed by atoms with van der Waals surface area (Å²) in [5.74, 6) is 3.87. The Kier molecular flexibility index (Phi) is 6.24. The second-order valence-electron chi connectivity index (χ2n) is 5.83. The molecule has 0 atom stereocenters. The molecule has 0 aliphatic rings. The number of benzene rings is 2. The summed E-state index contributed by atoms with van der Waals surface area (Å²) in [6.45, 7) is 3.35. The fourth-order valence-corrected chi connectivity index (χ4v) is 2.19. The summed E-state index contributed by atoms with van der Waals surface area (Å²) in [6.07, 6.45) is -3.39. The number of carbonyl (C=O) groups is 1. The first-order valence-corrected chi connectivity index (χ1v) is 7.97. The third kappa shape index (κ3) is 5.25. The van der Waals surface area contributed by atoms with Crippen molar-refractivity contribution in [2.24, 2.45) is 0 Å². The smallest absolute Gasteiger partial charge is 0.300 e. The lowest BCUT2D eigenvalue weighted by atomic mass is 10.1. The molecule has 0 saturated heterocycles. The Morgan fingerprint density at radius 2 is 1.62 bits per heavy atom. The van der Waals surface area contributed by atoms with Gasteiger partial charge in [-0.1, -0.05) is 53.8 Å². The highest BCUT2D eigenvalue weighted by atomic mass is 19.4. The van der Waals surface area contributed by atoms with E-state index >= 15 is 0 Å². The number of nitrogens with zero attached hydrogens (tertiary/aromatic N) is 1. The summed E-state index contributed by atoms with van der Waals surface area (Å²) in [5.41, 5.74) is 2.05. The largest absolute Gasteiger partial charge is 0.471 e. The Balaban J connectivity index is 2.47. The highest BCUT2D eigenvalue weighted by Crippen LogP contribution is 2.26. The van der Waals surface area contributed by atoms with Gasteiger partial charge in [0.1, 0.15) is 0 Å². The molecule has 0 bridgehead atoms. The van der Waals surface area contributed by atoms with Crippen molar-refractivity contribution < 1.29 is 18.0 Å². The zero-order valence-corrected chi connectivity index (χ0v) is 14.5. The number of alkyl halides is 3. The highest BCUT2D eigenvalue weighted by Gasteiger charge is 2.43. The van der Waals surface area contributed by atoms with E-state index in [0.717, 1.165) is 11.1 Å². The molecule has 0 aliphatic carbocycles. The number of hydrogen-bond acceptors (Lipinski definition) is 1. The normalized spacial score (nSPS) is 10.5. The first-order valence-electron chi connectivity index (χ1n) is 7.97. The molecule has 0 aliphatic heterocycles. The Morgan fingerprint density at radius 1 is 1.00 bits per heavy atom. The minimum atomic E-state index is -4.96. The average Bonchev–Trinajstić information content (AvgIpc) is 2.60. The molecule has 0 N–H and O–H groups in total. The van der Waals surface area contributed by atoms with Crippen LogP contribution in [0.1, 0.15) is 25.0 Å². The highest BCUT2D eigenvalue weighted by molar-refractivity contribution is 5.98. The molecule has 134 valence electrons. The van der Waals surface area contributed by atoms with Gasteiger partial charge < -0.3 is 0 Å². The van der Waals surface area contributed by atoms with Crippen molar-refractivity contribution in [3.63, 3.8) is 0 Å². The van der Waals surface area contributed by atoms with Crippen LogP contribution in [0.15, 0.2) is 66.2 Å². The zero-order chi connectivity index (χ0) is 19.2. The van der Waals surface area contributed by atoms with Crippen LogP contribution in [0.4, 0.5) is 18.9 Å². The number of rotatable bonds is 3. The molecule has 0 fully saturated rings. The molecule has 2 nitrogen and oxygen atoms in total. The fourth-order valence-electron chi connectivity index (χ4n) is 2.19. The third-order valence-electron chi connectivity index (χ3n) is 3.48. The molecule has 2 aromatic rings. The van der Waals surface area contributed by atoms with Crippen LogP contribution in [0.2, 0.25) is 0 Å². The summed E-state index contributed by atoms with van der Waals surface area (Å²) < 4.78 is 39.1. The molecule has 0 heterocycles. The Hall–Kier alpha value is -3.00. The lowest BCUT2D eigenvalue weighted by Gasteiger charge is -2.24. The average molecular weight is 357 g/mol. The van der Waals surface area contributed by atoms with E-state index in [0.29, 0.717) is 10.5 Å². The van der Waals surface area contributed by atoms with Gasteiger partial charge in [0.05, 0.1) is 5.69 Å². The van der Waals surface area contributed by atoms with E-state index in [4.69, 9.17) is 0 Å². The van der Waals surface area contributed by atoms with Crippen LogP contribution < -0.4 is 4.90 Å². The number of carbonyl (C=O) groups excluding carboxylic acids is 1. The van der Waals surface area contributed by atoms with E-state index < -0.39 is 12.1 Å².